The summed E-state index contributed by atoms with van der Waals surface area (Å²) in [6, 6.07) is 1.92. The summed E-state index contributed by atoms with van der Waals surface area (Å²) in [7, 11) is 0. The second-order valence-corrected chi connectivity index (χ2v) is 3.69. The summed E-state index contributed by atoms with van der Waals surface area (Å²) in [4.78, 5) is 8.30. The summed E-state index contributed by atoms with van der Waals surface area (Å²) in [6.07, 6.45) is 2.66. The summed E-state index contributed by atoms with van der Waals surface area (Å²) in [5.74, 6) is 7.39. The molecule has 1 aromatic heterocycles. The van der Waals surface area contributed by atoms with Crippen molar-refractivity contribution in [2.24, 2.45) is 11.8 Å². The number of hydrazine groups is 1. The van der Waals surface area contributed by atoms with Crippen molar-refractivity contribution in [3.05, 3.63) is 11.8 Å². The summed E-state index contributed by atoms with van der Waals surface area (Å²) in [5.41, 5.74) is 3.36. The number of aryl methyl sites for hydroxylation is 1. The van der Waals surface area contributed by atoms with Crippen molar-refractivity contribution in [3.8, 4) is 0 Å². The molecule has 5 nitrogen and oxygen atoms in total. The first-order valence-corrected chi connectivity index (χ1v) is 4.84. The lowest BCUT2D eigenvalue weighted by molar-refractivity contribution is 0.880. The van der Waals surface area contributed by atoms with E-state index in [1.165, 1.54) is 12.8 Å². The van der Waals surface area contributed by atoms with Gasteiger partial charge in [0.2, 0.25) is 5.95 Å². The van der Waals surface area contributed by atoms with Gasteiger partial charge in [-0.3, -0.25) is 5.43 Å². The predicted octanol–water partition coefficient (Wildman–Crippen LogP) is 0.893. The van der Waals surface area contributed by atoms with Crippen molar-refractivity contribution in [2.75, 3.05) is 17.3 Å². The van der Waals surface area contributed by atoms with Crippen molar-refractivity contribution in [3.63, 3.8) is 0 Å². The van der Waals surface area contributed by atoms with Crippen LogP contribution in [0.3, 0.4) is 0 Å². The number of anilines is 2. The van der Waals surface area contributed by atoms with Gasteiger partial charge in [0.25, 0.3) is 0 Å². The molecule has 5 heteroatoms. The van der Waals surface area contributed by atoms with Crippen molar-refractivity contribution in [2.45, 2.75) is 19.8 Å². The van der Waals surface area contributed by atoms with Gasteiger partial charge >= 0.3 is 0 Å². The van der Waals surface area contributed by atoms with Crippen LogP contribution in [-0.4, -0.2) is 16.5 Å². The van der Waals surface area contributed by atoms with Crippen LogP contribution in [0.2, 0.25) is 0 Å². The molecule has 0 spiro atoms. The third kappa shape index (κ3) is 2.32. The second-order valence-electron chi connectivity index (χ2n) is 3.69. The number of nitrogen functional groups attached to an aromatic ring is 1. The van der Waals surface area contributed by atoms with Crippen molar-refractivity contribution >= 4 is 11.8 Å². The number of nitrogens with two attached hydrogens (primary N) is 1. The molecule has 0 aliphatic heterocycles. The highest BCUT2D eigenvalue weighted by atomic mass is 15.3. The van der Waals surface area contributed by atoms with E-state index in [-0.39, 0.29) is 0 Å². The number of nitrogens with one attached hydrogen (secondary N) is 2. The van der Waals surface area contributed by atoms with Crippen LogP contribution in [-0.2, 0) is 0 Å². The van der Waals surface area contributed by atoms with Crippen LogP contribution in [0.4, 0.5) is 11.8 Å². The molecule has 0 unspecified atom stereocenters. The summed E-state index contributed by atoms with van der Waals surface area (Å²) >= 11 is 0. The van der Waals surface area contributed by atoms with Crippen LogP contribution in [0.25, 0.3) is 0 Å². The Bertz CT molecular complexity index is 321. The van der Waals surface area contributed by atoms with Crippen molar-refractivity contribution in [1.82, 2.24) is 9.97 Å². The Hall–Kier alpha value is -1.36. The minimum Gasteiger partial charge on any atom is -0.370 e. The maximum atomic E-state index is 5.25. The Morgan fingerprint density at radius 2 is 2.29 bits per heavy atom. The molecule has 1 saturated carbocycles. The van der Waals surface area contributed by atoms with Gasteiger partial charge in [-0.15, -0.1) is 0 Å². The van der Waals surface area contributed by atoms with Crippen LogP contribution < -0.4 is 16.6 Å². The molecule has 4 N–H and O–H groups in total. The standard InChI is InChI=1S/C9H15N5/c1-6-4-8(11-5-7-2-3-7)13-9(12-6)14-10/h4,7H,2-3,5,10H2,1H3,(H2,11,12,13,14). The topological polar surface area (TPSA) is 75.9 Å². The monoisotopic (exact) mass is 193 g/mol. The zero-order valence-corrected chi connectivity index (χ0v) is 8.25. The lowest BCUT2D eigenvalue weighted by Gasteiger charge is -2.06. The Labute approximate surface area is 83.1 Å². The van der Waals surface area contributed by atoms with Crippen molar-refractivity contribution in [1.29, 1.82) is 0 Å². The van der Waals surface area contributed by atoms with E-state index in [9.17, 15) is 0 Å². The zero-order valence-electron chi connectivity index (χ0n) is 8.25. The SMILES string of the molecule is Cc1cc(NCC2CC2)nc(NN)n1. The lowest BCUT2D eigenvalue weighted by atomic mass is 10.4. The number of nitrogens with zero attached hydrogens (tertiary/aromatic N) is 2. The lowest BCUT2D eigenvalue weighted by Crippen LogP contribution is -2.13. The summed E-state index contributed by atoms with van der Waals surface area (Å²) < 4.78 is 0. The number of aromatic nitrogens is 2. The maximum absolute atomic E-state index is 5.25. The van der Waals surface area contributed by atoms with Crippen molar-refractivity contribution < 1.29 is 0 Å². The van der Waals surface area contributed by atoms with E-state index in [0.717, 1.165) is 24.0 Å². The molecule has 0 radical (unpaired) electrons. The summed E-state index contributed by atoms with van der Waals surface area (Å²) in [5, 5.41) is 3.28. The molecule has 1 aliphatic rings. The van der Waals surface area contributed by atoms with Crippen LogP contribution >= 0.6 is 0 Å². The fraction of sp³-hybridized carbons (Fsp3) is 0.556. The van der Waals surface area contributed by atoms with Gasteiger partial charge in [-0.25, -0.2) is 10.8 Å². The van der Waals surface area contributed by atoms with E-state index in [1.807, 2.05) is 13.0 Å². The normalized spacial score (nSPS) is 15.3. The van der Waals surface area contributed by atoms with Gasteiger partial charge < -0.3 is 5.32 Å². The number of rotatable bonds is 4. The Morgan fingerprint density at radius 1 is 1.50 bits per heavy atom. The van der Waals surface area contributed by atoms with Gasteiger partial charge in [0.15, 0.2) is 0 Å². The third-order valence-corrected chi connectivity index (χ3v) is 2.25. The van der Waals surface area contributed by atoms with E-state index in [0.29, 0.717) is 5.95 Å². The van der Waals surface area contributed by atoms with Gasteiger partial charge in [-0.2, -0.15) is 4.98 Å². The molecule has 0 atom stereocenters. The first-order chi connectivity index (χ1) is 6.78. The molecular weight excluding hydrogens is 178 g/mol. The molecule has 1 aliphatic carbocycles. The minimum atomic E-state index is 0.461. The van der Waals surface area contributed by atoms with E-state index < -0.39 is 0 Å². The Kier molecular flexibility index (Phi) is 2.49. The predicted molar refractivity (Wildman–Crippen MR) is 55.8 cm³/mol. The molecule has 0 aromatic carbocycles. The quantitative estimate of drug-likeness (QED) is 0.489. The van der Waals surface area contributed by atoms with Gasteiger partial charge in [-0.05, 0) is 25.7 Å². The maximum Gasteiger partial charge on any atom is 0.239 e. The van der Waals surface area contributed by atoms with E-state index in [4.69, 9.17) is 5.84 Å². The molecule has 0 amide bonds. The number of hydrogen-bond donors (Lipinski definition) is 3. The fourth-order valence-corrected chi connectivity index (χ4v) is 1.29. The van der Waals surface area contributed by atoms with Gasteiger partial charge in [0.1, 0.15) is 5.82 Å². The Balaban J connectivity index is 2.03. The van der Waals surface area contributed by atoms with Gasteiger partial charge in [0, 0.05) is 18.3 Å². The molecule has 0 saturated heterocycles. The molecule has 0 bridgehead atoms. The smallest absolute Gasteiger partial charge is 0.239 e. The second kappa shape index (κ2) is 3.79. The third-order valence-electron chi connectivity index (χ3n) is 2.25. The highest BCUT2D eigenvalue weighted by molar-refractivity contribution is 5.41. The first kappa shape index (κ1) is 9.21. The van der Waals surface area contributed by atoms with Gasteiger partial charge in [0.05, 0.1) is 0 Å². The highest BCUT2D eigenvalue weighted by Crippen LogP contribution is 2.28. The highest BCUT2D eigenvalue weighted by Gasteiger charge is 2.20. The molecule has 76 valence electrons. The molecule has 1 aromatic rings. The van der Waals surface area contributed by atoms with Crippen LogP contribution in [0.15, 0.2) is 6.07 Å². The minimum absolute atomic E-state index is 0.461. The molecule has 2 rings (SSSR count). The Morgan fingerprint density at radius 3 is 2.93 bits per heavy atom. The first-order valence-electron chi connectivity index (χ1n) is 4.84. The van der Waals surface area contributed by atoms with E-state index in [2.05, 4.69) is 20.7 Å². The fourth-order valence-electron chi connectivity index (χ4n) is 1.29. The summed E-state index contributed by atoms with van der Waals surface area (Å²) in [6.45, 7) is 2.92. The van der Waals surface area contributed by atoms with E-state index >= 15 is 0 Å². The van der Waals surface area contributed by atoms with E-state index in [1.54, 1.807) is 0 Å². The van der Waals surface area contributed by atoms with Gasteiger partial charge in [-0.1, -0.05) is 0 Å². The molecular formula is C9H15N5. The molecule has 14 heavy (non-hydrogen) atoms. The molecule has 1 fully saturated rings. The van der Waals surface area contributed by atoms with Crippen LogP contribution in [0.1, 0.15) is 18.5 Å². The van der Waals surface area contributed by atoms with Crippen LogP contribution in [0.5, 0.6) is 0 Å². The number of hydrogen-bond acceptors (Lipinski definition) is 5. The average Bonchev–Trinajstić information content (AvgIpc) is 2.97. The molecule has 1 heterocycles. The largest absolute Gasteiger partial charge is 0.370 e. The van der Waals surface area contributed by atoms with Crippen LogP contribution in [0, 0.1) is 12.8 Å². The average molecular weight is 193 g/mol. The zero-order chi connectivity index (χ0) is 9.97.